The summed E-state index contributed by atoms with van der Waals surface area (Å²) in [5, 5.41) is 0. The SMILES string of the molecule is NC(=O)[C@H]1CN(c2ccc(C3CC3)c(F)c2)C(=O)O1. The highest BCUT2D eigenvalue weighted by Gasteiger charge is 2.36. The van der Waals surface area contributed by atoms with Crippen molar-refractivity contribution in [2.24, 2.45) is 5.73 Å². The largest absolute Gasteiger partial charge is 0.434 e. The molecule has 2 aliphatic rings. The van der Waals surface area contributed by atoms with Gasteiger partial charge in [-0.05, 0) is 36.5 Å². The van der Waals surface area contributed by atoms with E-state index in [-0.39, 0.29) is 12.4 Å². The van der Waals surface area contributed by atoms with Crippen LogP contribution in [-0.2, 0) is 9.53 Å². The summed E-state index contributed by atoms with van der Waals surface area (Å²) >= 11 is 0. The highest BCUT2D eigenvalue weighted by atomic mass is 19.1. The monoisotopic (exact) mass is 264 g/mol. The molecule has 1 saturated carbocycles. The first-order chi connectivity index (χ1) is 9.06. The lowest BCUT2D eigenvalue weighted by molar-refractivity contribution is -0.124. The van der Waals surface area contributed by atoms with Gasteiger partial charge in [0, 0.05) is 0 Å². The van der Waals surface area contributed by atoms with Crippen LogP contribution in [0, 0.1) is 5.82 Å². The first kappa shape index (κ1) is 12.0. The number of carbonyl (C=O) groups is 2. The van der Waals surface area contributed by atoms with Crippen molar-refractivity contribution in [3.8, 4) is 0 Å². The second kappa shape index (κ2) is 4.22. The number of ether oxygens (including phenoxy) is 1. The fourth-order valence-electron chi connectivity index (χ4n) is 2.23. The smallest absolute Gasteiger partial charge is 0.415 e. The van der Waals surface area contributed by atoms with Gasteiger partial charge >= 0.3 is 6.09 Å². The molecule has 1 heterocycles. The summed E-state index contributed by atoms with van der Waals surface area (Å²) in [4.78, 5) is 23.8. The number of halogens is 1. The van der Waals surface area contributed by atoms with Crippen LogP contribution in [0.5, 0.6) is 0 Å². The summed E-state index contributed by atoms with van der Waals surface area (Å²) in [6, 6.07) is 4.66. The Balaban J connectivity index is 1.84. The van der Waals surface area contributed by atoms with Gasteiger partial charge in [-0.3, -0.25) is 9.69 Å². The van der Waals surface area contributed by atoms with Crippen LogP contribution < -0.4 is 10.6 Å². The molecule has 2 fully saturated rings. The molecule has 1 aliphatic heterocycles. The minimum atomic E-state index is -0.973. The predicted molar refractivity (Wildman–Crippen MR) is 65.2 cm³/mol. The highest BCUT2D eigenvalue weighted by molar-refractivity contribution is 5.95. The van der Waals surface area contributed by atoms with E-state index in [9.17, 15) is 14.0 Å². The number of primary amides is 1. The topological polar surface area (TPSA) is 72.6 Å². The Morgan fingerprint density at radius 1 is 1.42 bits per heavy atom. The standard InChI is InChI=1S/C13H13FN2O3/c14-10-5-8(3-4-9(10)7-1-2-7)16-6-11(12(15)17)19-13(16)18/h3-5,7,11H,1-2,6H2,(H2,15,17)/t11-/m1/s1. The van der Waals surface area contributed by atoms with Gasteiger partial charge in [0.15, 0.2) is 6.10 Å². The first-order valence-electron chi connectivity index (χ1n) is 6.13. The quantitative estimate of drug-likeness (QED) is 0.899. The molecule has 1 aromatic rings. The molecule has 1 saturated heterocycles. The minimum absolute atomic E-state index is 0.0242. The zero-order valence-corrected chi connectivity index (χ0v) is 10.1. The third-order valence-corrected chi connectivity index (χ3v) is 3.44. The molecule has 1 aromatic carbocycles. The summed E-state index contributed by atoms with van der Waals surface area (Å²) in [7, 11) is 0. The molecule has 6 heteroatoms. The Bertz CT molecular complexity index is 557. The van der Waals surface area contributed by atoms with E-state index in [1.165, 1.54) is 11.0 Å². The van der Waals surface area contributed by atoms with Gasteiger partial charge in [0.2, 0.25) is 0 Å². The van der Waals surface area contributed by atoms with Gasteiger partial charge in [0.05, 0.1) is 12.2 Å². The van der Waals surface area contributed by atoms with Gasteiger partial charge in [0.1, 0.15) is 5.82 Å². The van der Waals surface area contributed by atoms with E-state index >= 15 is 0 Å². The number of carbonyl (C=O) groups excluding carboxylic acids is 2. The lowest BCUT2D eigenvalue weighted by Crippen LogP contribution is -2.32. The van der Waals surface area contributed by atoms with Gasteiger partial charge in [0.25, 0.3) is 5.91 Å². The fourth-order valence-corrected chi connectivity index (χ4v) is 2.23. The van der Waals surface area contributed by atoms with E-state index in [0.717, 1.165) is 12.8 Å². The van der Waals surface area contributed by atoms with E-state index in [1.54, 1.807) is 12.1 Å². The van der Waals surface area contributed by atoms with E-state index in [4.69, 9.17) is 10.5 Å². The van der Waals surface area contributed by atoms with E-state index in [1.807, 2.05) is 0 Å². The van der Waals surface area contributed by atoms with Gasteiger partial charge in [-0.25, -0.2) is 9.18 Å². The van der Waals surface area contributed by atoms with E-state index < -0.39 is 18.1 Å². The molecule has 100 valence electrons. The van der Waals surface area contributed by atoms with Crippen LogP contribution >= 0.6 is 0 Å². The Morgan fingerprint density at radius 2 is 2.16 bits per heavy atom. The van der Waals surface area contributed by atoms with Crippen molar-refractivity contribution >= 4 is 17.7 Å². The van der Waals surface area contributed by atoms with Crippen molar-refractivity contribution < 1.29 is 18.7 Å². The van der Waals surface area contributed by atoms with Crippen molar-refractivity contribution in [1.29, 1.82) is 0 Å². The molecule has 0 spiro atoms. The maximum absolute atomic E-state index is 13.9. The summed E-state index contributed by atoms with van der Waals surface area (Å²) in [6.45, 7) is 0.0242. The maximum atomic E-state index is 13.9. The Hall–Kier alpha value is -2.11. The van der Waals surface area contributed by atoms with Crippen LogP contribution in [0.25, 0.3) is 0 Å². The van der Waals surface area contributed by atoms with Crippen molar-refractivity contribution in [3.63, 3.8) is 0 Å². The van der Waals surface area contributed by atoms with Crippen LogP contribution in [0.15, 0.2) is 18.2 Å². The number of benzene rings is 1. The Labute approximate surface area is 109 Å². The maximum Gasteiger partial charge on any atom is 0.415 e. The van der Waals surface area contributed by atoms with Crippen molar-refractivity contribution in [1.82, 2.24) is 0 Å². The van der Waals surface area contributed by atoms with Gasteiger partial charge in [-0.1, -0.05) is 6.07 Å². The number of hydrogen-bond acceptors (Lipinski definition) is 3. The predicted octanol–water partition coefficient (Wildman–Crippen LogP) is 1.51. The Morgan fingerprint density at radius 3 is 2.68 bits per heavy atom. The van der Waals surface area contributed by atoms with Gasteiger partial charge in [-0.15, -0.1) is 0 Å². The molecule has 0 unspecified atom stereocenters. The second-order valence-corrected chi connectivity index (χ2v) is 4.87. The summed E-state index contributed by atoms with van der Waals surface area (Å²) in [5.41, 5.74) is 6.15. The molecule has 2 N–H and O–H groups in total. The summed E-state index contributed by atoms with van der Waals surface area (Å²) in [5.74, 6) is -0.723. The molecule has 2 amide bonds. The van der Waals surface area contributed by atoms with Crippen molar-refractivity contribution in [3.05, 3.63) is 29.6 Å². The van der Waals surface area contributed by atoms with Crippen molar-refractivity contribution in [2.75, 3.05) is 11.4 Å². The van der Waals surface area contributed by atoms with Crippen LogP contribution in [0.1, 0.15) is 24.3 Å². The number of anilines is 1. The Kier molecular flexibility index (Phi) is 2.66. The van der Waals surface area contributed by atoms with Gasteiger partial charge < -0.3 is 10.5 Å². The number of nitrogens with zero attached hydrogens (tertiary/aromatic N) is 1. The number of cyclic esters (lactones) is 1. The minimum Gasteiger partial charge on any atom is -0.434 e. The van der Waals surface area contributed by atoms with Crippen molar-refractivity contribution in [2.45, 2.75) is 24.9 Å². The van der Waals surface area contributed by atoms with E-state index in [2.05, 4.69) is 0 Å². The number of nitrogens with two attached hydrogens (primary N) is 1. The molecule has 1 atom stereocenters. The average Bonchev–Trinajstić information content (AvgIpc) is 3.11. The number of amides is 2. The van der Waals surface area contributed by atoms with Crippen LogP contribution in [0.3, 0.4) is 0 Å². The summed E-state index contributed by atoms with van der Waals surface area (Å²) < 4.78 is 18.7. The molecular formula is C13H13FN2O3. The normalized spacial score (nSPS) is 22.5. The third kappa shape index (κ3) is 2.14. The molecule has 0 radical (unpaired) electrons. The molecule has 0 bridgehead atoms. The highest BCUT2D eigenvalue weighted by Crippen LogP contribution is 2.42. The lowest BCUT2D eigenvalue weighted by Gasteiger charge is -2.13. The average molecular weight is 264 g/mol. The van der Waals surface area contributed by atoms with Crippen LogP contribution in [0.2, 0.25) is 0 Å². The molecule has 3 rings (SSSR count). The summed E-state index contributed by atoms with van der Waals surface area (Å²) in [6.07, 6.45) is 0.360. The number of rotatable bonds is 3. The lowest BCUT2D eigenvalue weighted by atomic mass is 10.1. The third-order valence-electron chi connectivity index (χ3n) is 3.44. The molecule has 19 heavy (non-hydrogen) atoms. The first-order valence-corrected chi connectivity index (χ1v) is 6.13. The molecule has 0 aromatic heterocycles. The van der Waals surface area contributed by atoms with Crippen LogP contribution in [0.4, 0.5) is 14.9 Å². The van der Waals surface area contributed by atoms with Gasteiger partial charge in [-0.2, -0.15) is 0 Å². The second-order valence-electron chi connectivity index (χ2n) is 4.87. The molecular weight excluding hydrogens is 251 g/mol. The molecule has 5 nitrogen and oxygen atoms in total. The number of hydrogen-bond donors (Lipinski definition) is 1. The molecule has 1 aliphatic carbocycles. The zero-order valence-electron chi connectivity index (χ0n) is 10.1. The van der Waals surface area contributed by atoms with Crippen LogP contribution in [-0.4, -0.2) is 24.6 Å². The van der Waals surface area contributed by atoms with E-state index in [0.29, 0.717) is 17.2 Å². The zero-order chi connectivity index (χ0) is 13.6. The fraction of sp³-hybridized carbons (Fsp3) is 0.385.